The van der Waals surface area contributed by atoms with Gasteiger partial charge in [0, 0.05) is 34.1 Å². The smallest absolute Gasteiger partial charge is 0.160 e. The number of aryl methyl sites for hydroxylation is 1. The molecule has 0 bridgehead atoms. The summed E-state index contributed by atoms with van der Waals surface area (Å²) in [7, 11) is 0. The van der Waals surface area contributed by atoms with Gasteiger partial charge in [-0.2, -0.15) is 0 Å². The molecule has 0 aliphatic carbocycles. The van der Waals surface area contributed by atoms with Crippen LogP contribution in [-0.4, -0.2) is 32.2 Å². The molecule has 3 aromatic rings. The molecule has 0 saturated heterocycles. The van der Waals surface area contributed by atoms with Crippen molar-refractivity contribution in [3.63, 3.8) is 0 Å². The molecule has 0 spiro atoms. The molecule has 24 heavy (non-hydrogen) atoms. The number of aliphatic hydroxyl groups excluding tert-OH is 1. The standard InChI is InChI=1S/C17H15ClN4OS/c1-10-20-21-15-9-19-16(12-4-2-3-5-14(12)18)13-8-11(6-7-23)24-17(13)22(10)15/h2-5,8,23H,6-7,9H2,1H3. The van der Waals surface area contributed by atoms with Crippen LogP contribution in [0.2, 0.25) is 5.02 Å². The molecule has 1 aliphatic rings. The van der Waals surface area contributed by atoms with Crippen molar-refractivity contribution in [2.45, 2.75) is 19.9 Å². The van der Waals surface area contributed by atoms with E-state index in [-0.39, 0.29) is 6.61 Å². The Morgan fingerprint density at radius 1 is 1.25 bits per heavy atom. The van der Waals surface area contributed by atoms with Gasteiger partial charge in [-0.3, -0.25) is 9.56 Å². The van der Waals surface area contributed by atoms with Crippen LogP contribution in [0.4, 0.5) is 0 Å². The fourth-order valence-corrected chi connectivity index (χ4v) is 4.33. The van der Waals surface area contributed by atoms with Gasteiger partial charge in [-0.15, -0.1) is 21.5 Å². The maximum absolute atomic E-state index is 9.30. The van der Waals surface area contributed by atoms with Crippen molar-refractivity contribution in [3.05, 3.63) is 63.0 Å². The maximum atomic E-state index is 9.30. The van der Waals surface area contributed by atoms with E-state index in [9.17, 15) is 5.11 Å². The predicted molar refractivity (Wildman–Crippen MR) is 95.6 cm³/mol. The number of halogens is 1. The highest BCUT2D eigenvalue weighted by molar-refractivity contribution is 7.15. The molecular formula is C17H15ClN4OS. The minimum Gasteiger partial charge on any atom is -0.396 e. The van der Waals surface area contributed by atoms with Crippen molar-refractivity contribution in [1.29, 1.82) is 0 Å². The second-order valence-electron chi connectivity index (χ2n) is 5.55. The van der Waals surface area contributed by atoms with E-state index in [1.807, 2.05) is 35.8 Å². The number of aliphatic hydroxyl groups is 1. The average Bonchev–Trinajstić information content (AvgIpc) is 3.09. The summed E-state index contributed by atoms with van der Waals surface area (Å²) in [6.07, 6.45) is 0.615. The van der Waals surface area contributed by atoms with Gasteiger partial charge < -0.3 is 5.11 Å². The molecule has 0 fully saturated rings. The Bertz CT molecular complexity index is 944. The number of nitrogens with zero attached hydrogens (tertiary/aromatic N) is 4. The van der Waals surface area contributed by atoms with Gasteiger partial charge in [-0.25, -0.2) is 0 Å². The summed E-state index contributed by atoms with van der Waals surface area (Å²) in [5, 5.41) is 19.4. The summed E-state index contributed by atoms with van der Waals surface area (Å²) >= 11 is 8.05. The lowest BCUT2D eigenvalue weighted by Gasteiger charge is -2.08. The molecular weight excluding hydrogens is 344 g/mol. The van der Waals surface area contributed by atoms with Gasteiger partial charge in [0.1, 0.15) is 17.4 Å². The van der Waals surface area contributed by atoms with Crippen LogP contribution in [0, 0.1) is 6.92 Å². The highest BCUT2D eigenvalue weighted by Gasteiger charge is 2.25. The Labute approximate surface area is 148 Å². The number of hydrogen-bond acceptors (Lipinski definition) is 5. The second-order valence-corrected chi connectivity index (χ2v) is 7.07. The van der Waals surface area contributed by atoms with Gasteiger partial charge in [-0.05, 0) is 19.1 Å². The van der Waals surface area contributed by atoms with E-state index in [2.05, 4.69) is 16.3 Å². The van der Waals surface area contributed by atoms with Crippen LogP contribution in [0.1, 0.15) is 27.7 Å². The normalized spacial score (nSPS) is 13.2. The minimum atomic E-state index is 0.117. The van der Waals surface area contributed by atoms with E-state index >= 15 is 0 Å². The third-order valence-electron chi connectivity index (χ3n) is 3.98. The first kappa shape index (κ1) is 15.5. The van der Waals surface area contributed by atoms with Gasteiger partial charge in [0.15, 0.2) is 5.82 Å². The SMILES string of the molecule is Cc1nnc2n1-c1sc(CCO)cc1C(c1ccccc1Cl)=NC2. The summed E-state index contributed by atoms with van der Waals surface area (Å²) in [6, 6.07) is 9.81. The minimum absolute atomic E-state index is 0.117. The molecule has 1 N–H and O–H groups in total. The van der Waals surface area contributed by atoms with Gasteiger partial charge in [0.25, 0.3) is 0 Å². The van der Waals surface area contributed by atoms with Crippen LogP contribution in [0.25, 0.3) is 5.00 Å². The van der Waals surface area contributed by atoms with Crippen molar-refractivity contribution in [3.8, 4) is 5.00 Å². The maximum Gasteiger partial charge on any atom is 0.160 e. The largest absolute Gasteiger partial charge is 0.396 e. The number of benzene rings is 1. The molecule has 0 saturated carbocycles. The molecule has 0 amide bonds. The van der Waals surface area contributed by atoms with Crippen molar-refractivity contribution < 1.29 is 5.11 Å². The third kappa shape index (κ3) is 2.47. The molecule has 4 rings (SSSR count). The lowest BCUT2D eigenvalue weighted by Crippen LogP contribution is -2.05. The number of aliphatic imine (C=N–C) groups is 1. The van der Waals surface area contributed by atoms with E-state index in [0.717, 1.165) is 38.4 Å². The monoisotopic (exact) mass is 358 g/mol. The predicted octanol–water partition coefficient (Wildman–Crippen LogP) is 3.18. The fourth-order valence-electron chi connectivity index (χ4n) is 2.89. The van der Waals surface area contributed by atoms with Crippen LogP contribution >= 0.6 is 22.9 Å². The number of hydrogen-bond donors (Lipinski definition) is 1. The summed E-state index contributed by atoms with van der Waals surface area (Å²) in [4.78, 5) is 5.88. The van der Waals surface area contributed by atoms with E-state index in [1.54, 1.807) is 11.3 Å². The van der Waals surface area contributed by atoms with Crippen LogP contribution in [-0.2, 0) is 13.0 Å². The van der Waals surface area contributed by atoms with E-state index in [1.165, 1.54) is 0 Å². The van der Waals surface area contributed by atoms with Gasteiger partial charge >= 0.3 is 0 Å². The highest BCUT2D eigenvalue weighted by atomic mass is 35.5. The molecule has 3 heterocycles. The lowest BCUT2D eigenvalue weighted by molar-refractivity contribution is 0.300. The van der Waals surface area contributed by atoms with E-state index < -0.39 is 0 Å². The molecule has 5 nitrogen and oxygen atoms in total. The molecule has 0 unspecified atom stereocenters. The van der Waals surface area contributed by atoms with Crippen molar-refractivity contribution in [1.82, 2.24) is 14.8 Å². The zero-order valence-electron chi connectivity index (χ0n) is 13.0. The van der Waals surface area contributed by atoms with E-state index in [0.29, 0.717) is 18.0 Å². The summed E-state index contributed by atoms with van der Waals surface area (Å²) in [5.41, 5.74) is 2.78. The van der Waals surface area contributed by atoms with Crippen molar-refractivity contribution >= 4 is 28.6 Å². The van der Waals surface area contributed by atoms with Gasteiger partial charge in [-0.1, -0.05) is 29.8 Å². The number of aromatic nitrogens is 3. The first-order valence-corrected chi connectivity index (χ1v) is 8.83. The zero-order valence-corrected chi connectivity index (χ0v) is 14.6. The summed E-state index contributed by atoms with van der Waals surface area (Å²) in [5.74, 6) is 1.65. The van der Waals surface area contributed by atoms with Crippen LogP contribution in [0.15, 0.2) is 35.3 Å². The van der Waals surface area contributed by atoms with Crippen molar-refractivity contribution in [2.75, 3.05) is 6.61 Å². The molecule has 1 aliphatic heterocycles. The molecule has 0 atom stereocenters. The highest BCUT2D eigenvalue weighted by Crippen LogP contribution is 2.34. The Morgan fingerprint density at radius 3 is 2.88 bits per heavy atom. The van der Waals surface area contributed by atoms with Crippen LogP contribution in [0.3, 0.4) is 0 Å². The first-order valence-electron chi connectivity index (χ1n) is 7.63. The topological polar surface area (TPSA) is 63.3 Å². The molecule has 122 valence electrons. The first-order chi connectivity index (χ1) is 11.7. The quantitative estimate of drug-likeness (QED) is 0.782. The van der Waals surface area contributed by atoms with Gasteiger partial charge in [0.05, 0.1) is 5.71 Å². The third-order valence-corrected chi connectivity index (χ3v) is 5.49. The lowest BCUT2D eigenvalue weighted by atomic mass is 10.0. The molecule has 7 heteroatoms. The summed E-state index contributed by atoms with van der Waals surface area (Å²) in [6.45, 7) is 2.51. The van der Waals surface area contributed by atoms with Gasteiger partial charge in [0.2, 0.25) is 0 Å². The van der Waals surface area contributed by atoms with Crippen LogP contribution in [0.5, 0.6) is 0 Å². The Kier molecular flexibility index (Phi) is 3.96. The Morgan fingerprint density at radius 2 is 2.08 bits per heavy atom. The Hall–Kier alpha value is -2.02. The summed E-state index contributed by atoms with van der Waals surface area (Å²) < 4.78 is 2.05. The number of rotatable bonds is 3. The molecule has 1 aromatic carbocycles. The zero-order chi connectivity index (χ0) is 16.7. The average molecular weight is 359 g/mol. The number of thiophene rings is 1. The van der Waals surface area contributed by atoms with E-state index in [4.69, 9.17) is 16.6 Å². The van der Waals surface area contributed by atoms with Crippen molar-refractivity contribution in [2.24, 2.45) is 4.99 Å². The second kappa shape index (κ2) is 6.12. The molecule has 2 aromatic heterocycles. The van der Waals surface area contributed by atoms with Crippen LogP contribution < -0.4 is 0 Å². The Balaban J connectivity index is 1.96. The molecule has 0 radical (unpaired) electrons. The number of fused-ring (bicyclic) bond motifs is 3. The fraction of sp³-hybridized carbons (Fsp3) is 0.235.